The highest BCUT2D eigenvalue weighted by Crippen LogP contribution is 2.46. The van der Waals surface area contributed by atoms with Crippen LogP contribution < -0.4 is 5.73 Å². The Morgan fingerprint density at radius 3 is 2.39 bits per heavy atom. The molecule has 140 valence electrons. The maximum atomic E-state index is 10.1. The SMILES string of the molecule is CC1(O)CC(N)(c2ccc(-c3nc4ncnn4cc3-c3ccccc3)cc2)C1. The molecule has 1 aliphatic carbocycles. The third kappa shape index (κ3) is 2.78. The molecule has 4 aromatic rings. The van der Waals surface area contributed by atoms with Gasteiger partial charge in [0.25, 0.3) is 5.78 Å². The number of hydrogen-bond donors (Lipinski definition) is 2. The largest absolute Gasteiger partial charge is 0.390 e. The Morgan fingerprint density at radius 1 is 1.00 bits per heavy atom. The number of aromatic nitrogens is 4. The lowest BCUT2D eigenvalue weighted by Gasteiger charge is -2.49. The third-order valence-corrected chi connectivity index (χ3v) is 5.48. The lowest BCUT2D eigenvalue weighted by molar-refractivity contribution is -0.0738. The van der Waals surface area contributed by atoms with E-state index in [0.717, 1.165) is 27.9 Å². The maximum absolute atomic E-state index is 10.1. The average Bonchev–Trinajstić information content (AvgIpc) is 3.14. The number of aliphatic hydroxyl groups is 1. The van der Waals surface area contributed by atoms with Gasteiger partial charge in [-0.2, -0.15) is 10.1 Å². The van der Waals surface area contributed by atoms with Crippen LogP contribution in [0.5, 0.6) is 0 Å². The summed E-state index contributed by atoms with van der Waals surface area (Å²) in [5, 5.41) is 14.3. The van der Waals surface area contributed by atoms with Crippen LogP contribution in [-0.4, -0.2) is 30.3 Å². The summed E-state index contributed by atoms with van der Waals surface area (Å²) in [6, 6.07) is 18.3. The second-order valence-electron chi connectivity index (χ2n) is 7.96. The molecule has 28 heavy (non-hydrogen) atoms. The number of fused-ring (bicyclic) bond motifs is 1. The van der Waals surface area contributed by atoms with Crippen molar-refractivity contribution < 1.29 is 5.11 Å². The molecule has 0 radical (unpaired) electrons. The van der Waals surface area contributed by atoms with Gasteiger partial charge in [0.2, 0.25) is 0 Å². The van der Waals surface area contributed by atoms with Gasteiger partial charge < -0.3 is 10.8 Å². The zero-order valence-corrected chi connectivity index (χ0v) is 15.6. The Morgan fingerprint density at radius 2 is 1.71 bits per heavy atom. The predicted octanol–water partition coefficient (Wildman–Crippen LogP) is 3.16. The summed E-state index contributed by atoms with van der Waals surface area (Å²) in [5.74, 6) is 0.559. The van der Waals surface area contributed by atoms with Crippen molar-refractivity contribution in [2.75, 3.05) is 0 Å². The summed E-state index contributed by atoms with van der Waals surface area (Å²) >= 11 is 0. The van der Waals surface area contributed by atoms with Gasteiger partial charge in [0, 0.05) is 22.9 Å². The van der Waals surface area contributed by atoms with Gasteiger partial charge in [0.05, 0.1) is 11.3 Å². The molecule has 0 atom stereocenters. The van der Waals surface area contributed by atoms with E-state index in [-0.39, 0.29) is 0 Å². The number of nitrogens with two attached hydrogens (primary N) is 1. The van der Waals surface area contributed by atoms with E-state index in [1.165, 1.54) is 6.33 Å². The van der Waals surface area contributed by atoms with Gasteiger partial charge in [-0.25, -0.2) is 9.50 Å². The molecule has 0 unspecified atom stereocenters. The first-order chi connectivity index (χ1) is 13.4. The number of nitrogens with zero attached hydrogens (tertiary/aromatic N) is 4. The van der Waals surface area contributed by atoms with Crippen LogP contribution in [0.2, 0.25) is 0 Å². The molecule has 3 N–H and O–H groups in total. The molecular weight excluding hydrogens is 350 g/mol. The van der Waals surface area contributed by atoms with E-state index in [0.29, 0.717) is 18.6 Å². The van der Waals surface area contributed by atoms with E-state index < -0.39 is 11.1 Å². The molecule has 0 spiro atoms. The van der Waals surface area contributed by atoms with E-state index in [9.17, 15) is 5.11 Å². The minimum Gasteiger partial charge on any atom is -0.390 e. The molecule has 1 fully saturated rings. The van der Waals surface area contributed by atoms with E-state index in [1.54, 1.807) is 4.52 Å². The minimum atomic E-state index is -0.672. The predicted molar refractivity (Wildman–Crippen MR) is 107 cm³/mol. The van der Waals surface area contributed by atoms with Gasteiger partial charge in [-0.1, -0.05) is 54.6 Å². The summed E-state index contributed by atoms with van der Waals surface area (Å²) in [6.45, 7) is 1.83. The standard InChI is InChI=1S/C22H21N5O/c1-21(28)12-22(23,13-21)17-9-7-16(8-10-17)19-18(15-5-3-2-4-6-15)11-27-20(26-19)24-14-25-27/h2-11,14,28H,12-13,23H2,1H3. The Hall–Kier alpha value is -3.09. The van der Waals surface area contributed by atoms with Crippen molar-refractivity contribution in [2.24, 2.45) is 5.73 Å². The van der Waals surface area contributed by atoms with Crippen LogP contribution in [0, 0.1) is 0 Å². The highest BCUT2D eigenvalue weighted by molar-refractivity contribution is 5.81. The topological polar surface area (TPSA) is 89.3 Å². The van der Waals surface area contributed by atoms with Crippen LogP contribution in [0.4, 0.5) is 0 Å². The lowest BCUT2D eigenvalue weighted by atomic mass is 9.63. The van der Waals surface area contributed by atoms with Crippen LogP contribution in [0.15, 0.2) is 67.1 Å². The summed E-state index contributed by atoms with van der Waals surface area (Å²) in [5.41, 5.74) is 10.3. The van der Waals surface area contributed by atoms with Gasteiger partial charge in [0.1, 0.15) is 6.33 Å². The van der Waals surface area contributed by atoms with Gasteiger partial charge in [-0.3, -0.25) is 0 Å². The average molecular weight is 371 g/mol. The second kappa shape index (κ2) is 5.95. The van der Waals surface area contributed by atoms with Gasteiger partial charge in [0.15, 0.2) is 0 Å². The molecule has 2 aromatic carbocycles. The molecular formula is C22H21N5O. The first-order valence-electron chi connectivity index (χ1n) is 9.32. The van der Waals surface area contributed by atoms with Crippen molar-refractivity contribution in [1.82, 2.24) is 19.6 Å². The van der Waals surface area contributed by atoms with Gasteiger partial charge >= 0.3 is 0 Å². The van der Waals surface area contributed by atoms with Crippen LogP contribution in [-0.2, 0) is 5.54 Å². The van der Waals surface area contributed by atoms with Crippen LogP contribution in [0.25, 0.3) is 28.2 Å². The monoisotopic (exact) mass is 371 g/mol. The van der Waals surface area contributed by atoms with Crippen molar-refractivity contribution >= 4 is 5.78 Å². The summed E-state index contributed by atoms with van der Waals surface area (Å²) < 4.78 is 1.69. The molecule has 6 heteroatoms. The summed E-state index contributed by atoms with van der Waals surface area (Å²) in [4.78, 5) is 8.98. The molecule has 0 amide bonds. The maximum Gasteiger partial charge on any atom is 0.252 e. The lowest BCUT2D eigenvalue weighted by Crippen LogP contribution is -2.58. The molecule has 1 aliphatic rings. The van der Waals surface area contributed by atoms with E-state index in [4.69, 9.17) is 10.7 Å². The molecule has 2 heterocycles. The van der Waals surface area contributed by atoms with Gasteiger partial charge in [-0.05, 0) is 30.9 Å². The summed E-state index contributed by atoms with van der Waals surface area (Å²) in [6.07, 6.45) is 4.60. The Bertz CT molecular complexity index is 1140. The van der Waals surface area contributed by atoms with Crippen molar-refractivity contribution in [3.8, 4) is 22.4 Å². The number of hydrogen-bond acceptors (Lipinski definition) is 5. The fourth-order valence-corrected chi connectivity index (χ4v) is 4.28. The third-order valence-electron chi connectivity index (χ3n) is 5.48. The normalized spacial score (nSPS) is 24.2. The Kier molecular flexibility index (Phi) is 3.62. The highest BCUT2D eigenvalue weighted by atomic mass is 16.3. The minimum absolute atomic E-state index is 0.464. The highest BCUT2D eigenvalue weighted by Gasteiger charge is 2.49. The Balaban J connectivity index is 1.59. The second-order valence-corrected chi connectivity index (χ2v) is 7.96. The van der Waals surface area contributed by atoms with Crippen molar-refractivity contribution in [3.05, 3.63) is 72.7 Å². The zero-order valence-electron chi connectivity index (χ0n) is 15.6. The van der Waals surface area contributed by atoms with Crippen molar-refractivity contribution in [1.29, 1.82) is 0 Å². The van der Waals surface area contributed by atoms with Crippen molar-refractivity contribution in [2.45, 2.75) is 30.9 Å². The molecule has 6 nitrogen and oxygen atoms in total. The molecule has 2 aromatic heterocycles. The molecule has 0 saturated heterocycles. The summed E-state index contributed by atoms with van der Waals surface area (Å²) in [7, 11) is 0. The quantitative estimate of drug-likeness (QED) is 0.577. The van der Waals surface area contributed by atoms with E-state index in [1.807, 2.05) is 55.6 Å². The van der Waals surface area contributed by atoms with E-state index >= 15 is 0 Å². The molecule has 0 aliphatic heterocycles. The molecule has 1 saturated carbocycles. The zero-order chi connectivity index (χ0) is 19.4. The van der Waals surface area contributed by atoms with Gasteiger partial charge in [-0.15, -0.1) is 0 Å². The first-order valence-corrected chi connectivity index (χ1v) is 9.32. The van der Waals surface area contributed by atoms with Crippen LogP contribution in [0.3, 0.4) is 0 Å². The van der Waals surface area contributed by atoms with E-state index in [2.05, 4.69) is 22.2 Å². The first kappa shape index (κ1) is 17.0. The Labute approximate surface area is 162 Å². The molecule has 5 rings (SSSR count). The fourth-order valence-electron chi connectivity index (χ4n) is 4.28. The molecule has 0 bridgehead atoms. The van der Waals surface area contributed by atoms with Crippen molar-refractivity contribution in [3.63, 3.8) is 0 Å². The number of benzene rings is 2. The van der Waals surface area contributed by atoms with Crippen LogP contribution >= 0.6 is 0 Å². The fraction of sp³-hybridized carbons (Fsp3) is 0.227. The number of rotatable bonds is 3. The smallest absolute Gasteiger partial charge is 0.252 e. The van der Waals surface area contributed by atoms with Crippen LogP contribution in [0.1, 0.15) is 25.3 Å².